The number of benzene rings is 2. The maximum absolute atomic E-state index is 12.6. The van der Waals surface area contributed by atoms with E-state index in [0.717, 1.165) is 23.5 Å². The van der Waals surface area contributed by atoms with Crippen LogP contribution in [0, 0.1) is 13.8 Å². The molecule has 27 heavy (non-hydrogen) atoms. The molecule has 0 radical (unpaired) electrons. The highest BCUT2D eigenvalue weighted by Gasteiger charge is 2.15. The molecule has 0 N–H and O–H groups in total. The minimum atomic E-state index is -0.268. The van der Waals surface area contributed by atoms with Gasteiger partial charge in [-0.3, -0.25) is 4.79 Å². The van der Waals surface area contributed by atoms with Crippen molar-refractivity contribution in [2.45, 2.75) is 40.7 Å². The summed E-state index contributed by atoms with van der Waals surface area (Å²) in [7, 11) is 0. The standard InChI is InChI=1S/C22H23ClN2OS/c1-5-19-20(16-11-10-14(3)15(4)12-16)25(6-2)22(27-19)24-21(26)17-8-7-9-18(23)13-17/h7-13H,5-6H2,1-4H3. The zero-order chi connectivity index (χ0) is 19.6. The number of nitrogens with zero attached hydrogens (tertiary/aromatic N) is 2. The van der Waals surface area contributed by atoms with E-state index in [1.54, 1.807) is 35.6 Å². The van der Waals surface area contributed by atoms with Crippen LogP contribution in [0.5, 0.6) is 0 Å². The molecule has 0 aliphatic rings. The zero-order valence-electron chi connectivity index (χ0n) is 16.0. The number of aryl methyl sites for hydroxylation is 3. The number of carbonyl (C=O) groups is 1. The van der Waals surface area contributed by atoms with Gasteiger partial charge in [-0.05, 0) is 68.1 Å². The van der Waals surface area contributed by atoms with E-state index in [1.807, 2.05) is 0 Å². The number of hydrogen-bond donors (Lipinski definition) is 0. The Hall–Kier alpha value is -2.17. The SMILES string of the molecule is CCc1sc(=NC(=O)c2cccc(Cl)c2)n(CC)c1-c1ccc(C)c(C)c1. The first kappa shape index (κ1) is 19.6. The van der Waals surface area contributed by atoms with E-state index in [1.165, 1.54) is 21.6 Å². The van der Waals surface area contributed by atoms with Crippen LogP contribution in [0.4, 0.5) is 0 Å². The third-order valence-electron chi connectivity index (χ3n) is 4.67. The molecule has 1 heterocycles. The van der Waals surface area contributed by atoms with Crippen LogP contribution >= 0.6 is 22.9 Å². The first-order valence-corrected chi connectivity index (χ1v) is 10.3. The minimum absolute atomic E-state index is 0.268. The van der Waals surface area contributed by atoms with Crippen molar-refractivity contribution in [2.75, 3.05) is 0 Å². The Morgan fingerprint density at radius 1 is 1.11 bits per heavy atom. The van der Waals surface area contributed by atoms with Gasteiger partial charge in [0, 0.05) is 22.0 Å². The lowest BCUT2D eigenvalue weighted by Crippen LogP contribution is -2.17. The Morgan fingerprint density at radius 2 is 1.89 bits per heavy atom. The second kappa shape index (κ2) is 8.24. The molecule has 0 aliphatic carbocycles. The average molecular weight is 399 g/mol. The van der Waals surface area contributed by atoms with Gasteiger partial charge in [0.1, 0.15) is 0 Å². The van der Waals surface area contributed by atoms with E-state index >= 15 is 0 Å². The summed E-state index contributed by atoms with van der Waals surface area (Å²) in [6.07, 6.45) is 0.897. The molecule has 3 rings (SSSR count). The molecule has 0 fully saturated rings. The monoisotopic (exact) mass is 398 g/mol. The van der Waals surface area contributed by atoms with Crippen molar-refractivity contribution in [1.82, 2.24) is 4.57 Å². The third kappa shape index (κ3) is 4.07. The number of aromatic nitrogens is 1. The molecule has 0 atom stereocenters. The van der Waals surface area contributed by atoms with Crippen molar-refractivity contribution in [3.05, 3.63) is 73.9 Å². The van der Waals surface area contributed by atoms with Gasteiger partial charge < -0.3 is 4.57 Å². The lowest BCUT2D eigenvalue weighted by atomic mass is 10.0. The first-order valence-electron chi connectivity index (χ1n) is 9.09. The molecule has 0 unspecified atom stereocenters. The molecule has 0 aliphatic heterocycles. The quantitative estimate of drug-likeness (QED) is 0.546. The molecule has 0 bridgehead atoms. The molecule has 2 aromatic carbocycles. The Morgan fingerprint density at radius 3 is 2.52 bits per heavy atom. The topological polar surface area (TPSA) is 34.4 Å². The Balaban J connectivity index is 2.16. The Bertz CT molecular complexity index is 1060. The van der Waals surface area contributed by atoms with Crippen LogP contribution in [-0.4, -0.2) is 10.5 Å². The van der Waals surface area contributed by atoms with Crippen LogP contribution < -0.4 is 4.80 Å². The number of amides is 1. The highest BCUT2D eigenvalue weighted by atomic mass is 35.5. The molecule has 1 amide bonds. The normalized spacial score (nSPS) is 11.8. The summed E-state index contributed by atoms with van der Waals surface area (Å²) >= 11 is 7.60. The van der Waals surface area contributed by atoms with Crippen LogP contribution in [0.15, 0.2) is 47.5 Å². The largest absolute Gasteiger partial charge is 0.316 e. The molecular formula is C22H23ClN2OS. The molecule has 0 saturated heterocycles. The van der Waals surface area contributed by atoms with Gasteiger partial charge in [0.05, 0.1) is 5.69 Å². The number of halogens is 1. The molecule has 1 aromatic heterocycles. The summed E-state index contributed by atoms with van der Waals surface area (Å²) in [5.74, 6) is -0.268. The predicted molar refractivity (Wildman–Crippen MR) is 114 cm³/mol. The summed E-state index contributed by atoms with van der Waals surface area (Å²) in [6, 6.07) is 13.4. The van der Waals surface area contributed by atoms with Crippen LogP contribution in [0.3, 0.4) is 0 Å². The second-order valence-corrected chi connectivity index (χ2v) is 7.98. The maximum Gasteiger partial charge on any atom is 0.279 e. The van der Waals surface area contributed by atoms with Crippen LogP contribution in [0.2, 0.25) is 5.02 Å². The number of carbonyl (C=O) groups excluding carboxylic acids is 1. The van der Waals surface area contributed by atoms with Crippen LogP contribution in [0.1, 0.15) is 40.2 Å². The van der Waals surface area contributed by atoms with E-state index in [2.05, 4.69) is 55.5 Å². The molecule has 140 valence electrons. The summed E-state index contributed by atoms with van der Waals surface area (Å²) in [5.41, 5.74) is 5.37. The maximum atomic E-state index is 12.6. The van der Waals surface area contributed by atoms with Gasteiger partial charge in [-0.25, -0.2) is 0 Å². The third-order valence-corrected chi connectivity index (χ3v) is 6.12. The van der Waals surface area contributed by atoms with E-state index in [4.69, 9.17) is 11.6 Å². The minimum Gasteiger partial charge on any atom is -0.316 e. The van der Waals surface area contributed by atoms with Gasteiger partial charge in [-0.15, -0.1) is 11.3 Å². The van der Waals surface area contributed by atoms with Crippen molar-refractivity contribution in [2.24, 2.45) is 4.99 Å². The Labute approximate surface area is 169 Å². The lowest BCUT2D eigenvalue weighted by molar-refractivity contribution is 0.0998. The Kier molecular flexibility index (Phi) is 5.98. The number of rotatable bonds is 4. The molecule has 3 nitrogen and oxygen atoms in total. The van der Waals surface area contributed by atoms with Crippen molar-refractivity contribution >= 4 is 28.8 Å². The van der Waals surface area contributed by atoms with Gasteiger partial charge >= 0.3 is 0 Å². The van der Waals surface area contributed by atoms with Gasteiger partial charge in [-0.2, -0.15) is 4.99 Å². The molecule has 5 heteroatoms. The molecule has 3 aromatic rings. The van der Waals surface area contributed by atoms with Gasteiger partial charge in [-0.1, -0.05) is 36.7 Å². The highest BCUT2D eigenvalue weighted by molar-refractivity contribution is 7.09. The average Bonchev–Trinajstić information content (AvgIpc) is 3.01. The van der Waals surface area contributed by atoms with E-state index in [9.17, 15) is 4.79 Å². The fraction of sp³-hybridized carbons (Fsp3) is 0.273. The highest BCUT2D eigenvalue weighted by Crippen LogP contribution is 2.28. The van der Waals surface area contributed by atoms with E-state index in [0.29, 0.717) is 10.6 Å². The van der Waals surface area contributed by atoms with E-state index < -0.39 is 0 Å². The van der Waals surface area contributed by atoms with Gasteiger partial charge in [0.25, 0.3) is 5.91 Å². The van der Waals surface area contributed by atoms with Gasteiger partial charge in [0.2, 0.25) is 0 Å². The van der Waals surface area contributed by atoms with E-state index in [-0.39, 0.29) is 5.91 Å². The fourth-order valence-electron chi connectivity index (χ4n) is 3.05. The van der Waals surface area contributed by atoms with Crippen LogP contribution in [-0.2, 0) is 13.0 Å². The summed E-state index contributed by atoms with van der Waals surface area (Å²) < 4.78 is 2.13. The second-order valence-electron chi connectivity index (χ2n) is 6.48. The summed E-state index contributed by atoms with van der Waals surface area (Å²) in [4.78, 5) is 19.0. The summed E-state index contributed by atoms with van der Waals surface area (Å²) in [6.45, 7) is 9.21. The smallest absolute Gasteiger partial charge is 0.279 e. The number of thiazole rings is 1. The zero-order valence-corrected chi connectivity index (χ0v) is 17.6. The number of hydrogen-bond acceptors (Lipinski definition) is 2. The summed E-state index contributed by atoms with van der Waals surface area (Å²) in [5, 5.41) is 0.538. The lowest BCUT2D eigenvalue weighted by Gasteiger charge is -2.10. The van der Waals surface area contributed by atoms with Gasteiger partial charge in [0.15, 0.2) is 4.80 Å². The fourth-order valence-corrected chi connectivity index (χ4v) is 4.39. The predicted octanol–water partition coefficient (Wildman–Crippen LogP) is 5.81. The van der Waals surface area contributed by atoms with Crippen molar-refractivity contribution in [1.29, 1.82) is 0 Å². The molecule has 0 saturated carbocycles. The van der Waals surface area contributed by atoms with Crippen LogP contribution in [0.25, 0.3) is 11.3 Å². The van der Waals surface area contributed by atoms with Crippen molar-refractivity contribution in [3.8, 4) is 11.3 Å². The molecule has 0 spiro atoms. The van der Waals surface area contributed by atoms with Crippen molar-refractivity contribution in [3.63, 3.8) is 0 Å². The molecular weight excluding hydrogens is 376 g/mol. The van der Waals surface area contributed by atoms with Crippen molar-refractivity contribution < 1.29 is 4.79 Å². The first-order chi connectivity index (χ1) is 12.9.